The smallest absolute Gasteiger partial charge is 0.390 e. The summed E-state index contributed by atoms with van der Waals surface area (Å²) < 4.78 is 37.6. The van der Waals surface area contributed by atoms with Crippen LogP contribution in [-0.4, -0.2) is 39.6 Å². The van der Waals surface area contributed by atoms with Crippen LogP contribution in [-0.2, 0) is 6.18 Å². The van der Waals surface area contributed by atoms with Crippen LogP contribution in [0.3, 0.4) is 0 Å². The van der Waals surface area contributed by atoms with Crippen molar-refractivity contribution in [1.29, 1.82) is 0 Å². The van der Waals surface area contributed by atoms with Crippen LogP contribution in [0.4, 0.5) is 36.4 Å². The largest absolute Gasteiger partial charge is 0.416 e. The van der Waals surface area contributed by atoms with Gasteiger partial charge >= 0.3 is 6.18 Å². The van der Waals surface area contributed by atoms with E-state index in [4.69, 9.17) is 11.5 Å². The second-order valence-corrected chi connectivity index (χ2v) is 9.58. The lowest BCUT2D eigenvalue weighted by Gasteiger charge is -2.24. The normalized spacial score (nSPS) is 16.2. The molecule has 9 nitrogen and oxygen atoms in total. The zero-order chi connectivity index (χ0) is 28.1. The van der Waals surface area contributed by atoms with Gasteiger partial charge in [0.05, 0.1) is 11.9 Å². The van der Waals surface area contributed by atoms with Gasteiger partial charge in [-0.25, -0.2) is 4.98 Å². The van der Waals surface area contributed by atoms with Crippen molar-refractivity contribution in [3.05, 3.63) is 53.9 Å². The Hall–Kier alpha value is -3.83. The summed E-state index contributed by atoms with van der Waals surface area (Å²) in [6.45, 7) is 0. The highest BCUT2D eigenvalue weighted by molar-refractivity contribution is 5.52. The Morgan fingerprint density at radius 1 is 1.00 bits per heavy atom. The van der Waals surface area contributed by atoms with Gasteiger partial charge in [-0.15, -0.1) is 0 Å². The van der Waals surface area contributed by atoms with Crippen LogP contribution in [0.5, 0.6) is 0 Å². The molecule has 12 heteroatoms. The standard InChI is InChI=1S/C13H16F3N.C12H16N6.C2H6N2/c14-13(15,16)10-5-4-8-12(9-10)17-11-6-2-1-3-7-11;13-12-14-6-5-10(16-12)15-11-7-9(17-18-11)8-3-1-2-4-8;1-4-2-3/h4-5,8-9,11,17H,1-3,6-7H2;5-8H,1-4H2,(H4,13,14,15,16,17,18);2H,1H3,(H2,3,4). The molecule has 0 bridgehead atoms. The van der Waals surface area contributed by atoms with Gasteiger partial charge in [0.1, 0.15) is 5.82 Å². The van der Waals surface area contributed by atoms with Gasteiger partial charge in [0.25, 0.3) is 0 Å². The minimum absolute atomic E-state index is 0.256. The molecule has 2 aliphatic rings. The molecule has 2 aliphatic carbocycles. The summed E-state index contributed by atoms with van der Waals surface area (Å²) in [7, 11) is 1.62. The highest BCUT2D eigenvalue weighted by atomic mass is 19.4. The molecule has 0 atom stereocenters. The summed E-state index contributed by atoms with van der Waals surface area (Å²) in [5.74, 6) is 2.32. The van der Waals surface area contributed by atoms with E-state index in [1.807, 2.05) is 6.07 Å². The number of nitrogen functional groups attached to an aromatic ring is 1. The molecule has 212 valence electrons. The molecule has 5 rings (SSSR count). The zero-order valence-electron chi connectivity index (χ0n) is 22.2. The van der Waals surface area contributed by atoms with Crippen molar-refractivity contribution in [2.75, 3.05) is 23.4 Å². The number of hydrogen-bond donors (Lipinski definition) is 5. The number of aromatic nitrogens is 4. The Labute approximate surface area is 227 Å². The van der Waals surface area contributed by atoms with Crippen molar-refractivity contribution in [3.63, 3.8) is 0 Å². The van der Waals surface area contributed by atoms with Crippen molar-refractivity contribution in [1.82, 2.24) is 20.2 Å². The number of aliphatic imine (C=N–C) groups is 1. The zero-order valence-corrected chi connectivity index (χ0v) is 22.2. The maximum absolute atomic E-state index is 12.5. The first-order valence-corrected chi connectivity index (χ1v) is 13.3. The average molecular weight is 546 g/mol. The molecular formula is C27H38F3N9. The molecule has 0 saturated heterocycles. The lowest BCUT2D eigenvalue weighted by atomic mass is 9.95. The fourth-order valence-corrected chi connectivity index (χ4v) is 4.69. The molecule has 2 aromatic heterocycles. The van der Waals surface area contributed by atoms with E-state index in [1.165, 1.54) is 56.3 Å². The van der Waals surface area contributed by atoms with Gasteiger partial charge in [-0.1, -0.05) is 38.2 Å². The van der Waals surface area contributed by atoms with Gasteiger partial charge in [-0.2, -0.15) is 23.3 Å². The number of halogens is 3. The molecule has 0 amide bonds. The third-order valence-electron chi connectivity index (χ3n) is 6.64. The number of benzene rings is 1. The molecule has 2 heterocycles. The van der Waals surface area contributed by atoms with Crippen LogP contribution in [0.2, 0.25) is 0 Å². The van der Waals surface area contributed by atoms with E-state index >= 15 is 0 Å². The number of H-pyrrole nitrogens is 1. The summed E-state index contributed by atoms with van der Waals surface area (Å²) in [6, 6.07) is 9.58. The number of nitrogens with one attached hydrogen (secondary N) is 3. The van der Waals surface area contributed by atoms with E-state index < -0.39 is 11.7 Å². The van der Waals surface area contributed by atoms with E-state index in [1.54, 1.807) is 25.4 Å². The Morgan fingerprint density at radius 2 is 1.69 bits per heavy atom. The first kappa shape index (κ1) is 29.7. The van der Waals surface area contributed by atoms with Gasteiger partial charge in [-0.05, 0) is 49.9 Å². The van der Waals surface area contributed by atoms with Gasteiger partial charge < -0.3 is 22.1 Å². The van der Waals surface area contributed by atoms with Crippen molar-refractivity contribution >= 4 is 29.6 Å². The third-order valence-corrected chi connectivity index (χ3v) is 6.64. The van der Waals surface area contributed by atoms with Gasteiger partial charge in [-0.3, -0.25) is 10.1 Å². The fraction of sp³-hybridized carbons (Fsp3) is 0.481. The number of rotatable bonds is 5. The Bertz CT molecular complexity index is 1150. The lowest BCUT2D eigenvalue weighted by molar-refractivity contribution is -0.137. The number of nitrogens with zero attached hydrogens (tertiary/aromatic N) is 4. The molecule has 2 fully saturated rings. The molecule has 0 unspecified atom stereocenters. The average Bonchev–Trinajstić information content (AvgIpc) is 3.62. The summed E-state index contributed by atoms with van der Waals surface area (Å²) >= 11 is 0. The summed E-state index contributed by atoms with van der Waals surface area (Å²) in [4.78, 5) is 11.3. The first-order chi connectivity index (χ1) is 18.8. The van der Waals surface area contributed by atoms with Crippen molar-refractivity contribution < 1.29 is 13.2 Å². The second-order valence-electron chi connectivity index (χ2n) is 9.58. The fourth-order valence-electron chi connectivity index (χ4n) is 4.69. The van der Waals surface area contributed by atoms with E-state index in [2.05, 4.69) is 35.8 Å². The summed E-state index contributed by atoms with van der Waals surface area (Å²) in [6.07, 6.45) is 9.41. The highest BCUT2D eigenvalue weighted by Crippen LogP contribution is 2.34. The predicted molar refractivity (Wildman–Crippen MR) is 150 cm³/mol. The molecule has 2 saturated carbocycles. The lowest BCUT2D eigenvalue weighted by Crippen LogP contribution is -2.22. The van der Waals surface area contributed by atoms with Crippen molar-refractivity contribution in [2.45, 2.75) is 75.9 Å². The van der Waals surface area contributed by atoms with Crippen LogP contribution >= 0.6 is 0 Å². The minimum atomic E-state index is -4.26. The minimum Gasteiger partial charge on any atom is -0.390 e. The number of hydrogen-bond acceptors (Lipinski definition) is 7. The van der Waals surface area contributed by atoms with E-state index in [0.29, 0.717) is 23.5 Å². The van der Waals surface area contributed by atoms with Crippen molar-refractivity contribution in [3.8, 4) is 0 Å². The second kappa shape index (κ2) is 14.9. The third kappa shape index (κ3) is 10.1. The summed E-state index contributed by atoms with van der Waals surface area (Å²) in [5, 5.41) is 13.7. The maximum Gasteiger partial charge on any atom is 0.416 e. The molecule has 3 aromatic rings. The van der Waals surface area contributed by atoms with Gasteiger partial charge in [0, 0.05) is 42.7 Å². The number of aromatic amines is 1. The van der Waals surface area contributed by atoms with Gasteiger partial charge in [0.2, 0.25) is 5.95 Å². The maximum atomic E-state index is 12.5. The molecule has 0 spiro atoms. The molecular weight excluding hydrogens is 507 g/mol. The van der Waals surface area contributed by atoms with E-state index in [9.17, 15) is 13.2 Å². The highest BCUT2D eigenvalue weighted by Gasteiger charge is 2.30. The molecule has 39 heavy (non-hydrogen) atoms. The first-order valence-electron chi connectivity index (χ1n) is 13.3. The monoisotopic (exact) mass is 545 g/mol. The quantitative estimate of drug-likeness (QED) is 0.189. The number of alkyl halides is 3. The topological polar surface area (TPSA) is 143 Å². The number of anilines is 4. The van der Waals surface area contributed by atoms with Crippen LogP contribution < -0.4 is 22.1 Å². The molecule has 7 N–H and O–H groups in total. The molecule has 1 aromatic carbocycles. The summed E-state index contributed by atoms with van der Waals surface area (Å²) in [5.41, 5.74) is 11.5. The number of nitrogens with two attached hydrogens (primary N) is 2. The van der Waals surface area contributed by atoms with Gasteiger partial charge in [0.15, 0.2) is 5.82 Å². The molecule has 0 radical (unpaired) electrons. The van der Waals surface area contributed by atoms with Crippen molar-refractivity contribution in [2.24, 2.45) is 10.7 Å². The van der Waals surface area contributed by atoms with Crippen LogP contribution in [0.25, 0.3) is 0 Å². The Morgan fingerprint density at radius 3 is 2.33 bits per heavy atom. The Balaban J connectivity index is 0.000000190. The Kier molecular flexibility index (Phi) is 11.4. The van der Waals surface area contributed by atoms with Crippen LogP contribution in [0.1, 0.15) is 75.0 Å². The van der Waals surface area contributed by atoms with Crippen LogP contribution in [0.15, 0.2) is 47.6 Å². The van der Waals surface area contributed by atoms with E-state index in [-0.39, 0.29) is 5.95 Å². The predicted octanol–water partition coefficient (Wildman–Crippen LogP) is 6.24. The van der Waals surface area contributed by atoms with Crippen LogP contribution in [0, 0.1) is 0 Å². The van der Waals surface area contributed by atoms with E-state index in [0.717, 1.165) is 37.6 Å². The SMILES string of the molecule is CN=CN.FC(F)(F)c1cccc(NC2CCCCC2)c1.Nc1nccc(Nc2cc(C3CCCC3)[nH]n2)n1. The molecule has 0 aliphatic heterocycles.